The van der Waals surface area contributed by atoms with Crippen LogP contribution in [0.1, 0.15) is 41.0 Å². The number of carbonyl (C=O) groups excluding carboxylic acids is 2. The molecule has 1 aromatic carbocycles. The van der Waals surface area contributed by atoms with Crippen molar-refractivity contribution in [1.82, 2.24) is 15.0 Å². The van der Waals surface area contributed by atoms with Gasteiger partial charge in [0.2, 0.25) is 0 Å². The number of halogens is 1. The van der Waals surface area contributed by atoms with Crippen LogP contribution in [0, 0.1) is 6.92 Å². The van der Waals surface area contributed by atoms with Crippen molar-refractivity contribution in [3.63, 3.8) is 0 Å². The van der Waals surface area contributed by atoms with E-state index in [2.05, 4.69) is 25.6 Å². The van der Waals surface area contributed by atoms with Gasteiger partial charge < -0.3 is 15.4 Å². The molecule has 8 heteroatoms. The summed E-state index contributed by atoms with van der Waals surface area (Å²) in [5.41, 5.74) is 4.72. The highest BCUT2D eigenvalue weighted by Crippen LogP contribution is 2.33. The van der Waals surface area contributed by atoms with Crippen molar-refractivity contribution >= 4 is 23.7 Å². The van der Waals surface area contributed by atoms with E-state index in [9.17, 15) is 14.0 Å². The lowest BCUT2D eigenvalue weighted by Gasteiger charge is -2.15. The quantitative estimate of drug-likeness (QED) is 0.301. The molecule has 0 saturated heterocycles. The fourth-order valence-electron chi connectivity index (χ4n) is 4.11. The van der Waals surface area contributed by atoms with Crippen molar-refractivity contribution < 1.29 is 14.0 Å². The smallest absolute Gasteiger partial charge is 0.255 e. The van der Waals surface area contributed by atoms with Crippen molar-refractivity contribution in [2.24, 2.45) is 0 Å². The number of aryl methyl sites for hydroxylation is 1. The van der Waals surface area contributed by atoms with Crippen LogP contribution in [-0.2, 0) is 16.9 Å². The van der Waals surface area contributed by atoms with Crippen LogP contribution in [0.4, 0.5) is 15.9 Å². The SMILES string of the molecule is CNc1nccc(-c2cncc(-c3cc(NC(=O)c4ccnc(C(C)(C)F)c4)ccc3C)c2)c1CC=O. The largest absolute Gasteiger partial charge is 0.373 e. The minimum absolute atomic E-state index is 0.194. The van der Waals surface area contributed by atoms with Gasteiger partial charge in [-0.05, 0) is 73.9 Å². The molecule has 2 N–H and O–H groups in total. The first-order chi connectivity index (χ1) is 17.7. The second kappa shape index (κ2) is 10.7. The summed E-state index contributed by atoms with van der Waals surface area (Å²) in [4.78, 5) is 37.0. The highest BCUT2D eigenvalue weighted by Gasteiger charge is 2.22. The molecule has 0 aliphatic carbocycles. The van der Waals surface area contributed by atoms with Gasteiger partial charge in [-0.1, -0.05) is 6.07 Å². The summed E-state index contributed by atoms with van der Waals surface area (Å²) in [5, 5.41) is 5.94. The molecule has 1 amide bonds. The van der Waals surface area contributed by atoms with Crippen molar-refractivity contribution in [3.05, 3.63) is 89.6 Å². The Morgan fingerprint density at radius 3 is 2.43 bits per heavy atom. The van der Waals surface area contributed by atoms with Crippen LogP contribution in [0.3, 0.4) is 0 Å². The Hall–Kier alpha value is -4.46. The molecule has 0 aliphatic heterocycles. The molecule has 0 radical (unpaired) electrons. The van der Waals surface area contributed by atoms with Crippen molar-refractivity contribution in [2.45, 2.75) is 32.9 Å². The molecule has 0 aliphatic rings. The number of amides is 1. The molecule has 0 saturated carbocycles. The molecule has 4 aromatic rings. The van der Waals surface area contributed by atoms with Gasteiger partial charge in [0.25, 0.3) is 5.91 Å². The van der Waals surface area contributed by atoms with Crippen LogP contribution in [0.2, 0.25) is 0 Å². The van der Waals surface area contributed by atoms with Gasteiger partial charge in [0.15, 0.2) is 0 Å². The summed E-state index contributed by atoms with van der Waals surface area (Å²) in [5.74, 6) is 0.288. The van der Waals surface area contributed by atoms with Crippen molar-refractivity contribution in [1.29, 1.82) is 0 Å². The third-order valence-corrected chi connectivity index (χ3v) is 6.07. The average molecular weight is 498 g/mol. The predicted octanol–water partition coefficient (Wildman–Crippen LogP) is 5.75. The van der Waals surface area contributed by atoms with E-state index in [0.29, 0.717) is 17.1 Å². The molecule has 0 spiro atoms. The Morgan fingerprint density at radius 1 is 1.00 bits per heavy atom. The van der Waals surface area contributed by atoms with Crippen molar-refractivity contribution in [2.75, 3.05) is 17.7 Å². The number of hydrogen-bond donors (Lipinski definition) is 2. The van der Waals surface area contributed by atoms with E-state index in [4.69, 9.17) is 0 Å². The third-order valence-electron chi connectivity index (χ3n) is 6.07. The van der Waals surface area contributed by atoms with E-state index in [1.54, 1.807) is 31.7 Å². The minimum Gasteiger partial charge on any atom is -0.373 e. The number of aromatic nitrogens is 3. The molecule has 4 rings (SSSR count). The van der Waals surface area contributed by atoms with Gasteiger partial charge in [0.1, 0.15) is 17.8 Å². The summed E-state index contributed by atoms with van der Waals surface area (Å²) in [7, 11) is 1.77. The fraction of sp³-hybridized carbons (Fsp3) is 0.207. The molecule has 7 nitrogen and oxygen atoms in total. The number of rotatable bonds is 8. The summed E-state index contributed by atoms with van der Waals surface area (Å²) in [6.45, 7) is 4.78. The molecule has 0 atom stereocenters. The van der Waals surface area contributed by atoms with E-state index < -0.39 is 5.67 Å². The Balaban J connectivity index is 1.67. The van der Waals surface area contributed by atoms with Crippen molar-refractivity contribution in [3.8, 4) is 22.3 Å². The highest BCUT2D eigenvalue weighted by molar-refractivity contribution is 6.04. The minimum atomic E-state index is -1.65. The van der Waals surface area contributed by atoms with Crippen LogP contribution in [0.25, 0.3) is 22.3 Å². The standard InChI is InChI=1S/C29H28FN5O2/c1-18-5-6-22(35-28(37)19-7-10-33-26(14-19)29(2,3)30)15-25(18)21-13-20(16-32-17-21)23-8-11-34-27(31-4)24(23)9-12-36/h5-8,10-17H,9H2,1-4H3,(H,31,34)(H,35,37). The Bertz CT molecular complexity index is 1460. The maximum atomic E-state index is 14.3. The van der Waals surface area contributed by atoms with Gasteiger partial charge in [-0.15, -0.1) is 0 Å². The van der Waals surface area contributed by atoms with Gasteiger partial charge in [-0.2, -0.15) is 0 Å². The van der Waals surface area contributed by atoms with E-state index in [-0.39, 0.29) is 18.0 Å². The molecule has 0 bridgehead atoms. The second-order valence-corrected chi connectivity index (χ2v) is 9.15. The second-order valence-electron chi connectivity index (χ2n) is 9.15. The molecule has 3 aromatic heterocycles. The van der Waals surface area contributed by atoms with E-state index in [0.717, 1.165) is 39.7 Å². The molecule has 188 valence electrons. The van der Waals surface area contributed by atoms with Gasteiger partial charge >= 0.3 is 0 Å². The lowest BCUT2D eigenvalue weighted by atomic mass is 9.96. The monoisotopic (exact) mass is 497 g/mol. The lowest BCUT2D eigenvalue weighted by molar-refractivity contribution is -0.107. The molecule has 37 heavy (non-hydrogen) atoms. The summed E-state index contributed by atoms with van der Waals surface area (Å²) >= 11 is 0. The number of carbonyl (C=O) groups is 2. The number of alkyl halides is 1. The van der Waals surface area contributed by atoms with E-state index in [1.807, 2.05) is 37.3 Å². The molecule has 3 heterocycles. The number of aldehydes is 1. The number of anilines is 2. The molecule has 0 fully saturated rings. The highest BCUT2D eigenvalue weighted by atomic mass is 19.1. The number of benzene rings is 1. The van der Waals surface area contributed by atoms with Gasteiger partial charge in [0, 0.05) is 66.2 Å². The number of pyridine rings is 3. The van der Waals surface area contributed by atoms with Crippen LogP contribution in [-0.4, -0.2) is 34.2 Å². The third kappa shape index (κ3) is 5.69. The van der Waals surface area contributed by atoms with E-state index >= 15 is 0 Å². The normalized spacial score (nSPS) is 11.2. The lowest BCUT2D eigenvalue weighted by Crippen LogP contribution is -2.16. The average Bonchev–Trinajstić information content (AvgIpc) is 2.89. The summed E-state index contributed by atoms with van der Waals surface area (Å²) in [6.07, 6.45) is 7.71. The van der Waals surface area contributed by atoms with Gasteiger partial charge in [0.05, 0.1) is 5.69 Å². The van der Waals surface area contributed by atoms with Crippen LogP contribution in [0.15, 0.2) is 67.3 Å². The summed E-state index contributed by atoms with van der Waals surface area (Å²) < 4.78 is 14.3. The topological polar surface area (TPSA) is 96.9 Å². The molecular weight excluding hydrogens is 469 g/mol. The van der Waals surface area contributed by atoms with Crippen LogP contribution < -0.4 is 10.6 Å². The number of nitrogens with one attached hydrogen (secondary N) is 2. The predicted molar refractivity (Wildman–Crippen MR) is 143 cm³/mol. The maximum absolute atomic E-state index is 14.3. The van der Waals surface area contributed by atoms with Crippen LogP contribution >= 0.6 is 0 Å². The zero-order valence-electron chi connectivity index (χ0n) is 21.2. The first-order valence-corrected chi connectivity index (χ1v) is 11.8. The van der Waals surface area contributed by atoms with Gasteiger partial charge in [-0.3, -0.25) is 14.8 Å². The maximum Gasteiger partial charge on any atom is 0.255 e. The number of nitrogens with zero attached hydrogens (tertiary/aromatic N) is 3. The fourth-order valence-corrected chi connectivity index (χ4v) is 4.11. The first-order valence-electron chi connectivity index (χ1n) is 11.8. The Labute approximate surface area is 215 Å². The summed E-state index contributed by atoms with van der Waals surface area (Å²) in [6, 6.07) is 12.5. The van der Waals surface area contributed by atoms with Gasteiger partial charge in [-0.25, -0.2) is 9.37 Å². The molecular formula is C29H28FN5O2. The number of hydrogen-bond acceptors (Lipinski definition) is 6. The molecule has 0 unspecified atom stereocenters. The Morgan fingerprint density at radius 2 is 1.73 bits per heavy atom. The zero-order valence-corrected chi connectivity index (χ0v) is 21.2. The Kier molecular flexibility index (Phi) is 7.38. The van der Waals surface area contributed by atoms with E-state index in [1.165, 1.54) is 26.1 Å². The first kappa shape index (κ1) is 25.6. The zero-order chi connectivity index (χ0) is 26.6. The van der Waals surface area contributed by atoms with Crippen LogP contribution in [0.5, 0.6) is 0 Å².